The zero-order chi connectivity index (χ0) is 13.8. The van der Waals surface area contributed by atoms with Crippen molar-refractivity contribution >= 4 is 29.0 Å². The molecule has 1 aliphatic rings. The number of nitrogens with one attached hydrogen (secondary N) is 2. The van der Waals surface area contributed by atoms with Gasteiger partial charge in [-0.05, 0) is 18.8 Å². The molecule has 1 aliphatic carbocycles. The highest BCUT2D eigenvalue weighted by molar-refractivity contribution is 6.33. The highest BCUT2D eigenvalue weighted by atomic mass is 35.5. The first-order chi connectivity index (χ1) is 9.06. The first-order valence-electron chi connectivity index (χ1n) is 5.87. The second kappa shape index (κ2) is 5.83. The van der Waals surface area contributed by atoms with Crippen molar-refractivity contribution in [1.29, 1.82) is 0 Å². The van der Waals surface area contributed by atoms with Gasteiger partial charge >= 0.3 is 0 Å². The minimum atomic E-state index is -0.578. The van der Waals surface area contributed by atoms with Crippen LogP contribution < -0.4 is 10.6 Å². The molecule has 0 aliphatic heterocycles. The summed E-state index contributed by atoms with van der Waals surface area (Å²) in [4.78, 5) is 25.2. The first kappa shape index (κ1) is 13.5. The molecule has 1 amide bonds. The van der Waals surface area contributed by atoms with E-state index in [2.05, 4.69) is 15.6 Å². The molecule has 7 nitrogen and oxygen atoms in total. The molecule has 0 aromatic carbocycles. The Labute approximate surface area is 114 Å². The largest absolute Gasteiger partial charge is 0.360 e. The second-order valence-electron chi connectivity index (χ2n) is 4.38. The van der Waals surface area contributed by atoms with E-state index in [1.807, 2.05) is 0 Å². The molecular formula is C11H13ClN4O3. The van der Waals surface area contributed by atoms with Crippen LogP contribution in [-0.2, 0) is 4.79 Å². The Morgan fingerprint density at radius 3 is 2.89 bits per heavy atom. The third-order valence-corrected chi connectivity index (χ3v) is 3.03. The SMILES string of the molecule is O=C(CNc1ncc([N+](=O)[O-])cc1Cl)NCC1CC1. The van der Waals surface area contributed by atoms with E-state index >= 15 is 0 Å². The fraction of sp³-hybridized carbons (Fsp3) is 0.455. The van der Waals surface area contributed by atoms with Gasteiger partial charge in [0.2, 0.25) is 5.91 Å². The molecule has 1 fully saturated rings. The van der Waals surface area contributed by atoms with E-state index in [0.717, 1.165) is 6.20 Å². The molecule has 19 heavy (non-hydrogen) atoms. The van der Waals surface area contributed by atoms with E-state index in [1.165, 1.54) is 18.9 Å². The van der Waals surface area contributed by atoms with Crippen molar-refractivity contribution < 1.29 is 9.72 Å². The number of amides is 1. The van der Waals surface area contributed by atoms with Gasteiger partial charge in [0.05, 0.1) is 16.5 Å². The molecule has 0 unspecified atom stereocenters. The van der Waals surface area contributed by atoms with Gasteiger partial charge < -0.3 is 10.6 Å². The summed E-state index contributed by atoms with van der Waals surface area (Å²) in [6.07, 6.45) is 3.43. The number of carbonyl (C=O) groups is 1. The number of nitrogens with zero attached hydrogens (tertiary/aromatic N) is 2. The Hall–Kier alpha value is -1.89. The number of nitro groups is 1. The molecule has 1 saturated carbocycles. The van der Waals surface area contributed by atoms with E-state index in [9.17, 15) is 14.9 Å². The molecule has 8 heteroatoms. The molecule has 0 bridgehead atoms. The number of rotatable bonds is 6. The Balaban J connectivity index is 1.84. The third kappa shape index (κ3) is 4.06. The summed E-state index contributed by atoms with van der Waals surface area (Å²) in [6.45, 7) is 0.735. The summed E-state index contributed by atoms with van der Waals surface area (Å²) in [5.41, 5.74) is -0.186. The van der Waals surface area contributed by atoms with Crippen molar-refractivity contribution in [3.63, 3.8) is 0 Å². The summed E-state index contributed by atoms with van der Waals surface area (Å²) < 4.78 is 0. The average Bonchev–Trinajstić information content (AvgIpc) is 3.18. The molecule has 2 rings (SSSR count). The summed E-state index contributed by atoms with van der Waals surface area (Å²) in [7, 11) is 0. The van der Waals surface area contributed by atoms with Crippen LogP contribution in [0.3, 0.4) is 0 Å². The smallest absolute Gasteiger partial charge is 0.289 e. The Morgan fingerprint density at radius 2 is 2.32 bits per heavy atom. The van der Waals surface area contributed by atoms with Crippen LogP contribution in [0.2, 0.25) is 5.02 Å². The molecule has 1 aromatic heterocycles. The minimum absolute atomic E-state index is 0.0389. The molecule has 2 N–H and O–H groups in total. The van der Waals surface area contributed by atoms with Crippen molar-refractivity contribution in [2.45, 2.75) is 12.8 Å². The normalized spacial score (nSPS) is 13.9. The number of carbonyl (C=O) groups excluding carboxylic acids is 1. The van der Waals surface area contributed by atoms with Gasteiger partial charge in [-0.15, -0.1) is 0 Å². The van der Waals surface area contributed by atoms with E-state index < -0.39 is 4.92 Å². The molecule has 1 aromatic rings. The number of pyridine rings is 1. The van der Waals surface area contributed by atoms with Crippen LogP contribution in [0.25, 0.3) is 0 Å². The number of hydrogen-bond acceptors (Lipinski definition) is 5. The summed E-state index contributed by atoms with van der Waals surface area (Å²) in [6, 6.07) is 1.19. The maximum Gasteiger partial charge on any atom is 0.289 e. The Morgan fingerprint density at radius 1 is 1.58 bits per heavy atom. The van der Waals surface area contributed by atoms with E-state index in [-0.39, 0.29) is 29.0 Å². The predicted octanol–water partition coefficient (Wildman–Crippen LogP) is 1.58. The Kier molecular flexibility index (Phi) is 4.16. The third-order valence-electron chi connectivity index (χ3n) is 2.74. The van der Waals surface area contributed by atoms with Crippen molar-refractivity contribution in [3.8, 4) is 0 Å². The van der Waals surface area contributed by atoms with Crippen LogP contribution in [-0.4, -0.2) is 28.9 Å². The van der Waals surface area contributed by atoms with Crippen LogP contribution in [0.15, 0.2) is 12.3 Å². The zero-order valence-corrected chi connectivity index (χ0v) is 10.8. The summed E-state index contributed by atoms with van der Waals surface area (Å²) in [5, 5.41) is 16.2. The number of anilines is 1. The van der Waals surface area contributed by atoms with Crippen LogP contribution in [0.5, 0.6) is 0 Å². The summed E-state index contributed by atoms with van der Waals surface area (Å²) >= 11 is 5.83. The number of halogens is 1. The van der Waals surface area contributed by atoms with Gasteiger partial charge in [0.15, 0.2) is 0 Å². The second-order valence-corrected chi connectivity index (χ2v) is 4.79. The number of hydrogen-bond donors (Lipinski definition) is 2. The highest BCUT2D eigenvalue weighted by Crippen LogP contribution is 2.27. The average molecular weight is 285 g/mol. The molecule has 0 radical (unpaired) electrons. The van der Waals surface area contributed by atoms with E-state index in [4.69, 9.17) is 11.6 Å². The molecule has 0 saturated heterocycles. The minimum Gasteiger partial charge on any atom is -0.360 e. The Bertz CT molecular complexity index is 505. The van der Waals surface area contributed by atoms with Crippen molar-refractivity contribution in [2.24, 2.45) is 5.92 Å². The van der Waals surface area contributed by atoms with Crippen molar-refractivity contribution in [1.82, 2.24) is 10.3 Å². The predicted molar refractivity (Wildman–Crippen MR) is 70.1 cm³/mol. The van der Waals surface area contributed by atoms with Crippen LogP contribution in [0.4, 0.5) is 11.5 Å². The van der Waals surface area contributed by atoms with Crippen LogP contribution in [0, 0.1) is 16.0 Å². The highest BCUT2D eigenvalue weighted by Gasteiger charge is 2.21. The van der Waals surface area contributed by atoms with Crippen LogP contribution in [0.1, 0.15) is 12.8 Å². The van der Waals surface area contributed by atoms with E-state index in [0.29, 0.717) is 12.5 Å². The van der Waals surface area contributed by atoms with Gasteiger partial charge in [-0.3, -0.25) is 14.9 Å². The fourth-order valence-electron chi connectivity index (χ4n) is 1.46. The van der Waals surface area contributed by atoms with Gasteiger partial charge in [-0.2, -0.15) is 0 Å². The maximum absolute atomic E-state index is 11.5. The van der Waals surface area contributed by atoms with Gasteiger partial charge in [-0.25, -0.2) is 4.98 Å². The fourth-order valence-corrected chi connectivity index (χ4v) is 1.69. The topological polar surface area (TPSA) is 97.2 Å². The lowest BCUT2D eigenvalue weighted by molar-refractivity contribution is -0.385. The molecule has 0 atom stereocenters. The van der Waals surface area contributed by atoms with Crippen LogP contribution >= 0.6 is 11.6 Å². The lowest BCUT2D eigenvalue weighted by Crippen LogP contribution is -2.31. The molecule has 1 heterocycles. The lowest BCUT2D eigenvalue weighted by Gasteiger charge is -2.07. The van der Waals surface area contributed by atoms with Gasteiger partial charge in [-0.1, -0.05) is 11.6 Å². The zero-order valence-electron chi connectivity index (χ0n) is 10.1. The van der Waals surface area contributed by atoms with Gasteiger partial charge in [0.25, 0.3) is 5.69 Å². The standard InChI is InChI=1S/C11H13ClN4O3/c12-9-3-8(16(18)19)5-14-11(9)15-6-10(17)13-4-7-1-2-7/h3,5,7H,1-2,4,6H2,(H,13,17)(H,14,15). The van der Waals surface area contributed by atoms with Gasteiger partial charge in [0.1, 0.15) is 12.0 Å². The molecule has 102 valence electrons. The number of aromatic nitrogens is 1. The summed E-state index contributed by atoms with van der Waals surface area (Å²) in [5.74, 6) is 0.724. The lowest BCUT2D eigenvalue weighted by atomic mass is 10.4. The van der Waals surface area contributed by atoms with Crippen molar-refractivity contribution in [3.05, 3.63) is 27.4 Å². The monoisotopic (exact) mass is 284 g/mol. The molecule has 0 spiro atoms. The quantitative estimate of drug-likeness (QED) is 0.610. The van der Waals surface area contributed by atoms with Gasteiger partial charge in [0, 0.05) is 12.6 Å². The molecular weight excluding hydrogens is 272 g/mol. The van der Waals surface area contributed by atoms with Crippen molar-refractivity contribution in [2.75, 3.05) is 18.4 Å². The first-order valence-corrected chi connectivity index (χ1v) is 6.24. The van der Waals surface area contributed by atoms with E-state index in [1.54, 1.807) is 0 Å². The maximum atomic E-state index is 11.5.